The van der Waals surface area contributed by atoms with E-state index in [9.17, 15) is 4.79 Å². The number of aliphatic carboxylic acids is 1. The zero-order chi connectivity index (χ0) is 4.99. The first-order valence-corrected chi connectivity index (χ1v) is 2.51. The molecule has 0 rings (SSSR count). The van der Waals surface area contributed by atoms with E-state index in [0.29, 0.717) is 6.16 Å². The van der Waals surface area contributed by atoms with Gasteiger partial charge in [0.25, 0.3) is 0 Å². The summed E-state index contributed by atoms with van der Waals surface area (Å²) in [7, 11) is 2.34. The molecule has 1 unspecified atom stereocenters. The molecule has 0 aliphatic heterocycles. The molecule has 2 nitrogen and oxygen atoms in total. The van der Waals surface area contributed by atoms with Crippen LogP contribution in [0.4, 0.5) is 0 Å². The Hall–Kier alpha value is 0.813. The predicted octanol–water partition coefficient (Wildman–Crippen LogP) is 0.755. The van der Waals surface area contributed by atoms with Crippen molar-refractivity contribution in [2.75, 3.05) is 6.16 Å². The Balaban J connectivity index is -0.000000125. The largest absolute Gasteiger partial charge is 0.481 e. The molecular weight excluding hydrogens is 236 g/mol. The van der Waals surface area contributed by atoms with E-state index in [1.54, 1.807) is 0 Å². The molecule has 52 valence electrons. The molecule has 0 aliphatic carbocycles. The van der Waals surface area contributed by atoms with Gasteiger partial charge in [0, 0.05) is 25.9 Å². The van der Waals surface area contributed by atoms with Crippen LogP contribution in [0.1, 0.15) is 6.42 Å². The van der Waals surface area contributed by atoms with E-state index >= 15 is 0 Å². The Kier molecular flexibility index (Phi) is 21.4. The van der Waals surface area contributed by atoms with Crippen LogP contribution in [0.5, 0.6) is 0 Å². The predicted molar refractivity (Wildman–Crippen MR) is 34.1 cm³/mol. The average molecular weight is 244 g/mol. The molecule has 0 saturated heterocycles. The van der Waals surface area contributed by atoms with E-state index < -0.39 is 5.97 Å². The van der Waals surface area contributed by atoms with Crippen LogP contribution in [0.3, 0.4) is 0 Å². The first-order chi connectivity index (χ1) is 2.77. The van der Waals surface area contributed by atoms with Gasteiger partial charge in [-0.05, 0) is 6.16 Å². The van der Waals surface area contributed by atoms with Gasteiger partial charge in [0.15, 0.2) is 0 Å². The van der Waals surface area contributed by atoms with Crippen LogP contribution in [-0.2, 0) is 24.3 Å². The number of carboxylic acid groups (broad SMARTS) is 1. The van der Waals surface area contributed by atoms with E-state index in [0.717, 1.165) is 0 Å². The van der Waals surface area contributed by atoms with Crippen LogP contribution in [-0.4, -0.2) is 17.2 Å². The smallest absolute Gasteiger partial charge is 0.303 e. The molecule has 0 fully saturated rings. The van der Waals surface area contributed by atoms with Crippen LogP contribution in [0.25, 0.3) is 0 Å². The fourth-order valence-corrected chi connectivity index (χ4v) is 0.370. The maximum atomic E-state index is 9.59. The van der Waals surface area contributed by atoms with E-state index in [1.165, 1.54) is 0 Å². The van der Waals surface area contributed by atoms with Crippen molar-refractivity contribution in [3.05, 3.63) is 0 Å². The summed E-state index contributed by atoms with van der Waals surface area (Å²) in [6.07, 6.45) is 0.903. The SMILES string of the molecule is Cl.O=C(O)CCP.[Ru]. The average Bonchev–Trinajstić information content (AvgIpc) is 1.35. The van der Waals surface area contributed by atoms with Crippen LogP contribution < -0.4 is 0 Å². The summed E-state index contributed by atoms with van der Waals surface area (Å²) in [6.45, 7) is 0. The molecule has 0 aliphatic rings. The monoisotopic (exact) mass is 244 g/mol. The fraction of sp³-hybridized carbons (Fsp3) is 0.667. The molecule has 0 radical (unpaired) electrons. The van der Waals surface area contributed by atoms with Crippen molar-refractivity contribution in [1.82, 2.24) is 0 Å². The van der Waals surface area contributed by atoms with Crippen molar-refractivity contribution in [3.63, 3.8) is 0 Å². The summed E-state index contributed by atoms with van der Waals surface area (Å²) < 4.78 is 0. The molecule has 5 heteroatoms. The molecule has 0 aromatic carbocycles. The first kappa shape index (κ1) is 15.9. The third-order valence-corrected chi connectivity index (χ3v) is 0.647. The van der Waals surface area contributed by atoms with Gasteiger partial charge in [0.05, 0.1) is 0 Å². The minimum absolute atomic E-state index is 0. The zero-order valence-corrected chi connectivity index (χ0v) is 7.82. The summed E-state index contributed by atoms with van der Waals surface area (Å²) in [5.41, 5.74) is 0. The van der Waals surface area contributed by atoms with Crippen molar-refractivity contribution in [1.29, 1.82) is 0 Å². The number of rotatable bonds is 2. The summed E-state index contributed by atoms with van der Waals surface area (Å²) >= 11 is 0. The van der Waals surface area contributed by atoms with Gasteiger partial charge in [0.2, 0.25) is 0 Å². The third kappa shape index (κ3) is 15.8. The molecule has 0 amide bonds. The number of carboxylic acids is 1. The van der Waals surface area contributed by atoms with Gasteiger partial charge in [-0.1, -0.05) is 0 Å². The molecule has 0 saturated carbocycles. The fourth-order valence-electron chi connectivity index (χ4n) is 0.123. The third-order valence-electron chi connectivity index (χ3n) is 0.358. The summed E-state index contributed by atoms with van der Waals surface area (Å²) in [5.74, 6) is -0.731. The molecule has 0 bridgehead atoms. The molecule has 0 spiro atoms. The standard InChI is InChI=1S/C3H7O2P.ClH.Ru/c4-3(5)1-2-6;;/h1-2,6H2,(H,4,5);1H;. The van der Waals surface area contributed by atoms with Gasteiger partial charge in [-0.25, -0.2) is 0 Å². The van der Waals surface area contributed by atoms with Gasteiger partial charge in [-0.15, -0.1) is 21.6 Å². The Labute approximate surface area is 69.8 Å². The van der Waals surface area contributed by atoms with Gasteiger partial charge in [-0.2, -0.15) is 0 Å². The van der Waals surface area contributed by atoms with Gasteiger partial charge < -0.3 is 5.11 Å². The van der Waals surface area contributed by atoms with Crippen molar-refractivity contribution >= 4 is 27.6 Å². The second-order valence-corrected chi connectivity index (χ2v) is 1.51. The van der Waals surface area contributed by atoms with Crippen molar-refractivity contribution in [2.24, 2.45) is 0 Å². The van der Waals surface area contributed by atoms with Crippen LogP contribution >= 0.6 is 21.6 Å². The van der Waals surface area contributed by atoms with E-state index in [1.807, 2.05) is 0 Å². The summed E-state index contributed by atoms with van der Waals surface area (Å²) in [4.78, 5) is 9.59. The second-order valence-electron chi connectivity index (χ2n) is 0.932. The quantitative estimate of drug-likeness (QED) is 0.574. The summed E-state index contributed by atoms with van der Waals surface area (Å²) in [6, 6.07) is 0. The first-order valence-electron chi connectivity index (χ1n) is 1.69. The molecular formula is C3H8ClO2PRu. The second kappa shape index (κ2) is 10.7. The van der Waals surface area contributed by atoms with E-state index in [-0.39, 0.29) is 38.3 Å². The molecule has 0 heterocycles. The van der Waals surface area contributed by atoms with Gasteiger partial charge in [-0.3, -0.25) is 4.79 Å². The topological polar surface area (TPSA) is 37.3 Å². The van der Waals surface area contributed by atoms with Gasteiger partial charge >= 0.3 is 5.97 Å². The Morgan fingerprint density at radius 1 is 1.62 bits per heavy atom. The Morgan fingerprint density at radius 3 is 2.00 bits per heavy atom. The minimum atomic E-state index is -0.731. The maximum absolute atomic E-state index is 9.59. The maximum Gasteiger partial charge on any atom is 0.303 e. The van der Waals surface area contributed by atoms with Crippen LogP contribution in [0.15, 0.2) is 0 Å². The number of hydrogen-bond donors (Lipinski definition) is 1. The molecule has 1 N–H and O–H groups in total. The molecule has 8 heavy (non-hydrogen) atoms. The van der Waals surface area contributed by atoms with Crippen LogP contribution in [0.2, 0.25) is 0 Å². The summed E-state index contributed by atoms with van der Waals surface area (Å²) in [5, 5.41) is 7.90. The Morgan fingerprint density at radius 2 is 2.00 bits per heavy atom. The van der Waals surface area contributed by atoms with Gasteiger partial charge in [0.1, 0.15) is 0 Å². The number of hydrogen-bond acceptors (Lipinski definition) is 1. The number of carbonyl (C=O) groups is 1. The molecule has 1 atom stereocenters. The molecule has 0 aromatic heterocycles. The number of halogens is 1. The molecule has 0 aromatic rings. The van der Waals surface area contributed by atoms with Crippen molar-refractivity contribution in [2.45, 2.75) is 6.42 Å². The normalized spacial score (nSPS) is 6.12. The van der Waals surface area contributed by atoms with E-state index in [2.05, 4.69) is 9.24 Å². The van der Waals surface area contributed by atoms with Crippen LogP contribution in [0, 0.1) is 0 Å². The Bertz CT molecular complexity index is 61.2. The zero-order valence-electron chi connectivity index (χ0n) is 4.11. The van der Waals surface area contributed by atoms with Crippen molar-refractivity contribution in [3.8, 4) is 0 Å². The minimum Gasteiger partial charge on any atom is -0.481 e. The van der Waals surface area contributed by atoms with Crippen molar-refractivity contribution < 1.29 is 29.4 Å². The van der Waals surface area contributed by atoms with E-state index in [4.69, 9.17) is 5.11 Å².